The molecule has 6 rings (SSSR count). The van der Waals surface area contributed by atoms with Crippen LogP contribution in [0.15, 0.2) is 84.9 Å². The molecule has 0 amide bonds. The lowest BCUT2D eigenvalue weighted by molar-refractivity contribution is 1.42. The fraction of sp³-hybridized carbons (Fsp3) is 0. The third kappa shape index (κ3) is 1.79. The van der Waals surface area contributed by atoms with Gasteiger partial charge in [0, 0.05) is 0 Å². The van der Waals surface area contributed by atoms with Gasteiger partial charge in [0.15, 0.2) is 0 Å². The number of rotatable bonds is 0. The fourth-order valence-corrected chi connectivity index (χ4v) is 4.43. The van der Waals surface area contributed by atoms with Crippen molar-refractivity contribution in [3.8, 4) is 22.3 Å². The van der Waals surface area contributed by atoms with Crippen molar-refractivity contribution in [3.63, 3.8) is 0 Å². The smallest absolute Gasteiger partial charge is 0.00928 e. The monoisotopic (exact) mass is 328 g/mol. The second kappa shape index (κ2) is 5.06. The quantitative estimate of drug-likeness (QED) is 0.382. The van der Waals surface area contributed by atoms with Gasteiger partial charge in [-0.15, -0.1) is 0 Å². The molecular weight excluding hydrogens is 312 g/mol. The van der Waals surface area contributed by atoms with Gasteiger partial charge < -0.3 is 0 Å². The van der Waals surface area contributed by atoms with Crippen LogP contribution in [0, 0.1) is 10.4 Å². The third-order valence-electron chi connectivity index (χ3n) is 5.60. The molecule has 0 saturated carbocycles. The molecule has 0 bridgehead atoms. The van der Waals surface area contributed by atoms with Crippen LogP contribution in [0.2, 0.25) is 0 Å². The Morgan fingerprint density at radius 3 is 1.27 bits per heavy atom. The Kier molecular flexibility index (Phi) is 2.70. The summed E-state index contributed by atoms with van der Waals surface area (Å²) in [6.07, 6.45) is 4.67. The lowest BCUT2D eigenvalue weighted by atomic mass is 10.0. The zero-order chi connectivity index (χ0) is 17.1. The van der Waals surface area contributed by atoms with Crippen LogP contribution in [0.5, 0.6) is 0 Å². The van der Waals surface area contributed by atoms with E-state index in [4.69, 9.17) is 0 Å². The first-order valence-electron chi connectivity index (χ1n) is 9.05. The van der Waals surface area contributed by atoms with Crippen molar-refractivity contribution in [2.45, 2.75) is 0 Å². The van der Waals surface area contributed by atoms with E-state index in [2.05, 4.69) is 97.1 Å². The zero-order valence-corrected chi connectivity index (χ0v) is 14.2. The Morgan fingerprint density at radius 2 is 0.769 bits per heavy atom. The SMILES string of the molecule is C1=c2c(cccc2=c2cccc3c2=Cc2ccccc2-3)-c2ccccc21. The Balaban J connectivity index is 1.82. The molecule has 0 saturated heterocycles. The first-order chi connectivity index (χ1) is 12.9. The molecule has 0 aromatic heterocycles. The molecule has 0 fully saturated rings. The number of fused-ring (bicyclic) bond motifs is 6. The summed E-state index contributed by atoms with van der Waals surface area (Å²) in [5.41, 5.74) is 7.98. The van der Waals surface area contributed by atoms with E-state index in [0.29, 0.717) is 0 Å². The molecule has 0 radical (unpaired) electrons. The van der Waals surface area contributed by atoms with Crippen molar-refractivity contribution in [3.05, 3.63) is 117 Å². The predicted molar refractivity (Wildman–Crippen MR) is 108 cm³/mol. The van der Waals surface area contributed by atoms with E-state index in [1.807, 2.05) is 0 Å². The lowest BCUT2D eigenvalue weighted by Gasteiger charge is -2.02. The molecule has 0 N–H and O–H groups in total. The van der Waals surface area contributed by atoms with Crippen LogP contribution < -0.4 is 10.4 Å². The van der Waals surface area contributed by atoms with Gasteiger partial charge in [-0.3, -0.25) is 0 Å². The van der Waals surface area contributed by atoms with Gasteiger partial charge in [0.2, 0.25) is 0 Å². The van der Waals surface area contributed by atoms with Gasteiger partial charge in [-0.05, 0) is 66.4 Å². The van der Waals surface area contributed by atoms with E-state index >= 15 is 0 Å². The molecule has 0 unspecified atom stereocenters. The fourth-order valence-electron chi connectivity index (χ4n) is 4.43. The molecule has 0 atom stereocenters. The average molecular weight is 328 g/mol. The van der Waals surface area contributed by atoms with Crippen LogP contribution in [-0.2, 0) is 0 Å². The molecule has 0 spiro atoms. The lowest BCUT2D eigenvalue weighted by Crippen LogP contribution is -2.10. The molecular formula is C26H16. The van der Waals surface area contributed by atoms with Gasteiger partial charge in [0.25, 0.3) is 0 Å². The summed E-state index contributed by atoms with van der Waals surface area (Å²) in [6, 6.07) is 30.7. The van der Waals surface area contributed by atoms with E-state index in [-0.39, 0.29) is 0 Å². The minimum atomic E-state index is 1.31. The summed E-state index contributed by atoms with van der Waals surface area (Å²) < 4.78 is 0. The van der Waals surface area contributed by atoms with E-state index in [1.54, 1.807) is 0 Å². The van der Waals surface area contributed by atoms with Crippen molar-refractivity contribution in [2.24, 2.45) is 0 Å². The Labute approximate surface area is 151 Å². The van der Waals surface area contributed by atoms with Crippen molar-refractivity contribution in [1.82, 2.24) is 0 Å². The van der Waals surface area contributed by atoms with Gasteiger partial charge in [-0.1, -0.05) is 84.9 Å². The van der Waals surface area contributed by atoms with Gasteiger partial charge in [-0.2, -0.15) is 0 Å². The van der Waals surface area contributed by atoms with Crippen molar-refractivity contribution in [2.75, 3.05) is 0 Å². The molecule has 0 heteroatoms. The van der Waals surface area contributed by atoms with Gasteiger partial charge in [-0.25, -0.2) is 0 Å². The van der Waals surface area contributed by atoms with Crippen LogP contribution in [0.1, 0.15) is 11.1 Å². The van der Waals surface area contributed by atoms with Crippen LogP contribution in [0.3, 0.4) is 0 Å². The van der Waals surface area contributed by atoms with Crippen molar-refractivity contribution >= 4 is 12.2 Å². The minimum Gasteiger partial charge on any atom is -0.0616 e. The number of hydrogen-bond donors (Lipinski definition) is 0. The molecule has 0 heterocycles. The maximum Gasteiger partial charge on any atom is -0.00928 e. The van der Waals surface area contributed by atoms with E-state index in [9.17, 15) is 0 Å². The summed E-state index contributed by atoms with van der Waals surface area (Å²) in [5, 5.41) is 5.32. The first-order valence-corrected chi connectivity index (χ1v) is 9.05. The zero-order valence-electron chi connectivity index (χ0n) is 14.2. The van der Waals surface area contributed by atoms with Crippen molar-refractivity contribution < 1.29 is 0 Å². The van der Waals surface area contributed by atoms with Crippen LogP contribution in [-0.4, -0.2) is 0 Å². The summed E-state index contributed by atoms with van der Waals surface area (Å²) in [7, 11) is 0. The van der Waals surface area contributed by atoms with Gasteiger partial charge in [0.1, 0.15) is 0 Å². The molecule has 0 nitrogen and oxygen atoms in total. The summed E-state index contributed by atoms with van der Waals surface area (Å²) in [5.74, 6) is 0. The molecule has 2 aliphatic carbocycles. The second-order valence-corrected chi connectivity index (χ2v) is 7.00. The maximum absolute atomic E-state index is 2.33. The van der Waals surface area contributed by atoms with E-state index in [0.717, 1.165) is 0 Å². The second-order valence-electron chi connectivity index (χ2n) is 7.00. The van der Waals surface area contributed by atoms with E-state index < -0.39 is 0 Å². The normalized spacial score (nSPS) is 13.8. The van der Waals surface area contributed by atoms with Gasteiger partial charge in [0.05, 0.1) is 0 Å². The summed E-state index contributed by atoms with van der Waals surface area (Å²) in [4.78, 5) is 0. The molecule has 2 aliphatic rings. The predicted octanol–water partition coefficient (Wildman–Crippen LogP) is 4.59. The Hall–Kier alpha value is -3.38. The number of benzene rings is 4. The summed E-state index contributed by atoms with van der Waals surface area (Å²) in [6.45, 7) is 0. The standard InChI is InChI=1S/C26H16/c1-3-9-19-17(7-1)15-25-21(19)11-5-13-23(25)24-14-6-12-22-20-10-4-2-8-18(20)16-26(22)24/h1-16H. The Morgan fingerprint density at radius 1 is 0.346 bits per heavy atom. The molecule has 4 aromatic carbocycles. The Bertz CT molecular complexity index is 1310. The van der Waals surface area contributed by atoms with Crippen LogP contribution in [0.25, 0.3) is 34.4 Å². The first kappa shape index (κ1) is 13.9. The topological polar surface area (TPSA) is 0 Å². The summed E-state index contributed by atoms with van der Waals surface area (Å²) >= 11 is 0. The molecule has 0 aliphatic heterocycles. The van der Waals surface area contributed by atoms with Gasteiger partial charge >= 0.3 is 0 Å². The highest BCUT2D eigenvalue weighted by atomic mass is 14.2. The number of hydrogen-bond acceptors (Lipinski definition) is 0. The highest BCUT2D eigenvalue weighted by Gasteiger charge is 2.14. The highest BCUT2D eigenvalue weighted by molar-refractivity contribution is 5.84. The average Bonchev–Trinajstić information content (AvgIpc) is 3.26. The highest BCUT2D eigenvalue weighted by Crippen LogP contribution is 2.28. The van der Waals surface area contributed by atoms with E-state index in [1.165, 1.54) is 54.3 Å². The third-order valence-corrected chi connectivity index (χ3v) is 5.60. The van der Waals surface area contributed by atoms with Crippen LogP contribution >= 0.6 is 0 Å². The maximum atomic E-state index is 2.33. The molecule has 120 valence electrons. The van der Waals surface area contributed by atoms with Crippen LogP contribution in [0.4, 0.5) is 0 Å². The molecule has 4 aromatic rings. The minimum absolute atomic E-state index is 1.31. The van der Waals surface area contributed by atoms with Crippen molar-refractivity contribution in [1.29, 1.82) is 0 Å². The molecule has 26 heavy (non-hydrogen) atoms. The largest absolute Gasteiger partial charge is 0.0616 e.